The van der Waals surface area contributed by atoms with E-state index >= 15 is 0 Å². The van der Waals surface area contributed by atoms with Gasteiger partial charge in [0, 0.05) is 59.0 Å². The van der Waals surface area contributed by atoms with Crippen LogP contribution >= 0.6 is 11.6 Å². The molecule has 2 aromatic rings. The summed E-state index contributed by atoms with van der Waals surface area (Å²) in [6.45, 7) is 10.3. The van der Waals surface area contributed by atoms with Gasteiger partial charge >= 0.3 is 0 Å². The van der Waals surface area contributed by atoms with Crippen molar-refractivity contribution in [1.29, 1.82) is 0 Å². The van der Waals surface area contributed by atoms with Crippen LogP contribution in [-0.2, 0) is 0 Å². The summed E-state index contributed by atoms with van der Waals surface area (Å²) in [5.41, 5.74) is 5.01. The standard InChI is InChI=1S/C28H29ClN2O2/c1-5-18(4)30-19-12-14-23-25(16-19)33-26-17-20(31(6-2)7-3)13-15-24(26)27(23)21-10-8-9-11-22(21)28(29)32/h8-18H,5-7H2,1-4H3. The molecule has 1 aliphatic heterocycles. The highest BCUT2D eigenvalue weighted by Gasteiger charge is 2.21. The van der Waals surface area contributed by atoms with Crippen LogP contribution in [0.2, 0.25) is 0 Å². The lowest BCUT2D eigenvalue weighted by Gasteiger charge is -2.22. The Bertz CT molecular complexity index is 1340. The highest BCUT2D eigenvalue weighted by Crippen LogP contribution is 2.42. The van der Waals surface area contributed by atoms with Crippen LogP contribution in [0, 0.1) is 0 Å². The van der Waals surface area contributed by atoms with E-state index in [1.165, 1.54) is 0 Å². The maximum atomic E-state index is 12.3. The van der Waals surface area contributed by atoms with E-state index in [4.69, 9.17) is 21.0 Å². The predicted octanol–water partition coefficient (Wildman–Crippen LogP) is 7.13. The molecule has 2 aromatic carbocycles. The van der Waals surface area contributed by atoms with Gasteiger partial charge in [-0.3, -0.25) is 9.79 Å². The minimum absolute atomic E-state index is 0.228. The molecular weight excluding hydrogens is 432 g/mol. The molecule has 0 saturated carbocycles. The summed E-state index contributed by atoms with van der Waals surface area (Å²) in [7, 11) is 0. The first-order chi connectivity index (χ1) is 16.0. The number of hydrogen-bond donors (Lipinski definition) is 0. The fourth-order valence-electron chi connectivity index (χ4n) is 4.24. The van der Waals surface area contributed by atoms with E-state index in [2.05, 4.69) is 50.8 Å². The summed E-state index contributed by atoms with van der Waals surface area (Å²) in [6, 6.07) is 20.0. The van der Waals surface area contributed by atoms with E-state index in [0.29, 0.717) is 5.56 Å². The Morgan fingerprint density at radius 2 is 1.76 bits per heavy atom. The van der Waals surface area contributed by atoms with Crippen LogP contribution in [0.15, 0.2) is 70.1 Å². The van der Waals surface area contributed by atoms with E-state index in [0.717, 1.165) is 64.0 Å². The van der Waals surface area contributed by atoms with E-state index in [-0.39, 0.29) is 6.04 Å². The SMILES string of the molecule is CCC(C)N=c1ccc2c(-c3ccccc3C(=O)Cl)c3ccc(N(CC)CC)cc3oc-2c1. The molecule has 33 heavy (non-hydrogen) atoms. The van der Waals surface area contributed by atoms with Gasteiger partial charge in [-0.2, -0.15) is 0 Å². The fourth-order valence-corrected chi connectivity index (χ4v) is 4.41. The van der Waals surface area contributed by atoms with Crippen molar-refractivity contribution >= 4 is 33.5 Å². The fraction of sp³-hybridized carbons (Fsp3) is 0.286. The van der Waals surface area contributed by atoms with Gasteiger partial charge in [0.15, 0.2) is 0 Å². The molecular formula is C28H29ClN2O2. The average Bonchev–Trinajstić information content (AvgIpc) is 2.83. The van der Waals surface area contributed by atoms with Crippen LogP contribution in [-0.4, -0.2) is 24.4 Å². The van der Waals surface area contributed by atoms with Gasteiger partial charge in [-0.1, -0.05) is 25.1 Å². The van der Waals surface area contributed by atoms with E-state index in [9.17, 15) is 4.79 Å². The highest BCUT2D eigenvalue weighted by atomic mass is 35.5. The molecule has 1 aliphatic carbocycles. The molecule has 1 unspecified atom stereocenters. The Morgan fingerprint density at radius 3 is 2.45 bits per heavy atom. The van der Waals surface area contributed by atoms with Crippen LogP contribution in [0.3, 0.4) is 0 Å². The van der Waals surface area contributed by atoms with Crippen molar-refractivity contribution in [3.8, 4) is 22.5 Å². The molecule has 0 saturated heterocycles. The molecule has 0 amide bonds. The second-order valence-corrected chi connectivity index (χ2v) is 8.56. The molecule has 4 nitrogen and oxygen atoms in total. The first kappa shape index (κ1) is 23.1. The molecule has 4 rings (SSSR count). The Labute approximate surface area is 199 Å². The number of hydrogen-bond acceptors (Lipinski definition) is 4. The molecule has 5 heteroatoms. The first-order valence-electron chi connectivity index (χ1n) is 11.5. The number of carbonyl (C=O) groups is 1. The third kappa shape index (κ3) is 4.53. The smallest absolute Gasteiger partial charge is 0.253 e. The van der Waals surface area contributed by atoms with Crippen molar-refractivity contribution in [2.75, 3.05) is 18.0 Å². The molecule has 0 radical (unpaired) electrons. The van der Waals surface area contributed by atoms with E-state index in [1.807, 2.05) is 36.4 Å². The lowest BCUT2D eigenvalue weighted by atomic mass is 9.91. The normalized spacial score (nSPS) is 12.9. The summed E-state index contributed by atoms with van der Waals surface area (Å²) in [5.74, 6) is 0.732. The third-order valence-corrected chi connectivity index (χ3v) is 6.39. The number of anilines is 1. The number of fused-ring (bicyclic) bond motifs is 2. The van der Waals surface area contributed by atoms with Crippen molar-refractivity contribution in [3.05, 3.63) is 71.6 Å². The minimum Gasteiger partial charge on any atom is -0.456 e. The lowest BCUT2D eigenvalue weighted by molar-refractivity contribution is 0.108. The van der Waals surface area contributed by atoms with Crippen molar-refractivity contribution in [2.45, 2.75) is 40.2 Å². The number of halogens is 1. The number of nitrogens with zero attached hydrogens (tertiary/aromatic N) is 2. The summed E-state index contributed by atoms with van der Waals surface area (Å²) in [5, 5.41) is 1.35. The topological polar surface area (TPSA) is 45.8 Å². The molecule has 0 spiro atoms. The van der Waals surface area contributed by atoms with Crippen LogP contribution in [0.5, 0.6) is 0 Å². The molecule has 0 fully saturated rings. The lowest BCUT2D eigenvalue weighted by Crippen LogP contribution is -2.21. The first-order valence-corrected chi connectivity index (χ1v) is 11.9. The molecule has 0 aromatic heterocycles. The van der Waals surface area contributed by atoms with Crippen molar-refractivity contribution in [2.24, 2.45) is 4.99 Å². The van der Waals surface area contributed by atoms with Gasteiger partial charge in [-0.15, -0.1) is 0 Å². The molecule has 2 aliphatic rings. The Morgan fingerprint density at radius 1 is 1.00 bits per heavy atom. The van der Waals surface area contributed by atoms with Crippen molar-refractivity contribution in [1.82, 2.24) is 0 Å². The maximum Gasteiger partial charge on any atom is 0.253 e. The zero-order chi connectivity index (χ0) is 23.5. The second-order valence-electron chi connectivity index (χ2n) is 8.22. The minimum atomic E-state index is -0.476. The summed E-state index contributed by atoms with van der Waals surface area (Å²) < 4.78 is 6.44. The van der Waals surface area contributed by atoms with Crippen LogP contribution in [0.4, 0.5) is 5.69 Å². The van der Waals surface area contributed by atoms with Crippen LogP contribution in [0.25, 0.3) is 33.4 Å². The van der Waals surface area contributed by atoms with Crippen molar-refractivity contribution in [3.63, 3.8) is 0 Å². The van der Waals surface area contributed by atoms with Crippen molar-refractivity contribution < 1.29 is 9.21 Å². The van der Waals surface area contributed by atoms with Gasteiger partial charge in [0.25, 0.3) is 5.24 Å². The number of rotatable bonds is 7. The Kier molecular flexibility index (Phi) is 6.85. The van der Waals surface area contributed by atoms with E-state index < -0.39 is 5.24 Å². The summed E-state index contributed by atoms with van der Waals surface area (Å²) in [6.07, 6.45) is 0.969. The Balaban J connectivity index is 2.09. The van der Waals surface area contributed by atoms with Gasteiger partial charge in [0.2, 0.25) is 0 Å². The van der Waals surface area contributed by atoms with Gasteiger partial charge in [-0.25, -0.2) is 0 Å². The quantitative estimate of drug-likeness (QED) is 0.217. The van der Waals surface area contributed by atoms with Crippen LogP contribution < -0.4 is 10.3 Å². The van der Waals surface area contributed by atoms with Gasteiger partial charge in [-0.05, 0) is 74.7 Å². The van der Waals surface area contributed by atoms with Gasteiger partial charge in [0.05, 0.1) is 5.36 Å². The Hall–Kier alpha value is -3.11. The van der Waals surface area contributed by atoms with Gasteiger partial charge in [0.1, 0.15) is 11.3 Å². The summed E-state index contributed by atoms with van der Waals surface area (Å²) in [4.78, 5) is 19.3. The average molecular weight is 461 g/mol. The highest BCUT2D eigenvalue weighted by molar-refractivity contribution is 6.68. The van der Waals surface area contributed by atoms with E-state index in [1.54, 1.807) is 6.07 Å². The van der Waals surface area contributed by atoms with Crippen LogP contribution in [0.1, 0.15) is 44.5 Å². The monoisotopic (exact) mass is 460 g/mol. The molecule has 1 atom stereocenters. The maximum absolute atomic E-state index is 12.3. The second kappa shape index (κ2) is 9.80. The zero-order valence-electron chi connectivity index (χ0n) is 19.6. The van der Waals surface area contributed by atoms with Gasteiger partial charge < -0.3 is 9.32 Å². The molecule has 170 valence electrons. The largest absolute Gasteiger partial charge is 0.456 e. The predicted molar refractivity (Wildman–Crippen MR) is 137 cm³/mol. The zero-order valence-corrected chi connectivity index (χ0v) is 20.3. The number of benzene rings is 3. The molecule has 0 N–H and O–H groups in total. The summed E-state index contributed by atoms with van der Waals surface area (Å²) >= 11 is 5.98. The molecule has 1 heterocycles. The number of carbonyl (C=O) groups excluding carboxylic acids is 1. The molecule has 0 bridgehead atoms. The third-order valence-electron chi connectivity index (χ3n) is 6.19.